The molecule has 7 heteroatoms. The first-order valence-corrected chi connectivity index (χ1v) is 14.3. The molecule has 0 aromatic carbocycles. The van der Waals surface area contributed by atoms with E-state index in [1.165, 1.54) is 6.08 Å². The lowest BCUT2D eigenvalue weighted by atomic mass is 9.60. The normalized spacial score (nSPS) is 38.6. The minimum atomic E-state index is -1.46. The van der Waals surface area contributed by atoms with Gasteiger partial charge in [-0.1, -0.05) is 78.3 Å². The number of ketones is 1. The molecule has 0 unspecified atom stereocenters. The predicted octanol–water partition coefficient (Wildman–Crippen LogP) is 4.49. The van der Waals surface area contributed by atoms with Gasteiger partial charge in [0.05, 0.1) is 18.1 Å². The van der Waals surface area contributed by atoms with Gasteiger partial charge in [-0.15, -0.1) is 0 Å². The number of carbonyl (C=O) groups is 3. The van der Waals surface area contributed by atoms with Crippen molar-refractivity contribution in [1.82, 2.24) is 0 Å². The number of esters is 2. The largest absolute Gasteiger partial charge is 0.455 e. The lowest BCUT2D eigenvalue weighted by Crippen LogP contribution is -2.63. The summed E-state index contributed by atoms with van der Waals surface area (Å²) in [5.74, 6) is -4.01. The molecule has 0 aromatic rings. The van der Waals surface area contributed by atoms with Crippen molar-refractivity contribution in [1.29, 1.82) is 0 Å². The topological polar surface area (TPSA) is 110 Å². The lowest BCUT2D eigenvalue weighted by molar-refractivity contribution is -0.219. The number of rotatable bonds is 8. The van der Waals surface area contributed by atoms with Gasteiger partial charge in [-0.25, -0.2) is 4.79 Å². The van der Waals surface area contributed by atoms with E-state index in [9.17, 15) is 24.6 Å². The smallest absolute Gasteiger partial charge is 0.331 e. The van der Waals surface area contributed by atoms with Gasteiger partial charge in [0.1, 0.15) is 6.10 Å². The molecular weight excluding hydrogens is 496 g/mol. The van der Waals surface area contributed by atoms with Crippen molar-refractivity contribution in [3.8, 4) is 0 Å². The molecular formula is C32H44O7. The zero-order valence-corrected chi connectivity index (χ0v) is 24.3. The summed E-state index contributed by atoms with van der Waals surface area (Å²) in [5, 5.41) is 22.9. The maximum Gasteiger partial charge on any atom is 0.331 e. The minimum Gasteiger partial charge on any atom is -0.455 e. The van der Waals surface area contributed by atoms with E-state index in [2.05, 4.69) is 6.92 Å². The maximum absolute atomic E-state index is 13.2. The predicted molar refractivity (Wildman–Crippen MR) is 147 cm³/mol. The van der Waals surface area contributed by atoms with E-state index in [1.807, 2.05) is 39.0 Å². The molecule has 7 nitrogen and oxygen atoms in total. The third-order valence-corrected chi connectivity index (χ3v) is 9.80. The fourth-order valence-corrected chi connectivity index (χ4v) is 7.68. The van der Waals surface area contributed by atoms with Crippen LogP contribution in [0.5, 0.6) is 0 Å². The molecule has 2 saturated carbocycles. The number of allylic oxidation sites excluding steroid dienone is 4. The Bertz CT molecular complexity index is 1140. The van der Waals surface area contributed by atoms with Crippen molar-refractivity contribution < 1.29 is 34.1 Å². The van der Waals surface area contributed by atoms with E-state index in [0.29, 0.717) is 17.6 Å². The molecule has 4 rings (SSSR count). The van der Waals surface area contributed by atoms with Crippen LogP contribution in [0.4, 0.5) is 0 Å². The van der Waals surface area contributed by atoms with Gasteiger partial charge >= 0.3 is 11.9 Å². The molecule has 0 spiro atoms. The molecule has 8 atom stereocenters. The standard InChI is InChI=1S/C32H44O7/c1-8-9-10-11-12-13-25(34)38-28-20(5)31(37)23-14-19(4)26(35)22(23)15-21(17-33)16-24(31)27-30(6,7)32(27,28)39-29(36)18(2)3/h10-14,16,18,20,22-24,27-28,33,37H,8-9,15,17H2,1-7H3/b11-10+,13-12-/t20-,22+,23-,24+,27-,28-,31+,32-/m1/s1. The summed E-state index contributed by atoms with van der Waals surface area (Å²) in [5.41, 5.74) is -1.98. The highest BCUT2D eigenvalue weighted by Crippen LogP contribution is 2.77. The fraction of sp³-hybridized carbons (Fsp3) is 0.656. The van der Waals surface area contributed by atoms with Crippen molar-refractivity contribution in [2.75, 3.05) is 6.61 Å². The Morgan fingerprint density at radius 2 is 1.87 bits per heavy atom. The van der Waals surface area contributed by atoms with Crippen LogP contribution < -0.4 is 0 Å². The summed E-state index contributed by atoms with van der Waals surface area (Å²) in [7, 11) is 0. The maximum atomic E-state index is 13.2. The number of hydrogen-bond acceptors (Lipinski definition) is 7. The van der Waals surface area contributed by atoms with Crippen LogP contribution in [0, 0.1) is 40.9 Å². The lowest BCUT2D eigenvalue weighted by Gasteiger charge is -2.52. The SMILES string of the molecule is CCC/C=C/C=C\C(=O)O[C@@H]1[C@@H](C)[C@]2(O)[C@@H]3C=C(C)C(=O)[C@H]3CC(CO)=C[C@H]2[C@@H]2C(C)(C)[C@]12OC(=O)C(C)C. The molecule has 4 aliphatic carbocycles. The first-order valence-electron chi connectivity index (χ1n) is 14.3. The van der Waals surface area contributed by atoms with Crippen molar-refractivity contribution >= 4 is 17.7 Å². The number of aliphatic hydroxyl groups excluding tert-OH is 1. The molecule has 0 saturated heterocycles. The first-order chi connectivity index (χ1) is 18.3. The number of unbranched alkanes of at least 4 members (excludes halogenated alkanes) is 1. The van der Waals surface area contributed by atoms with Crippen LogP contribution in [0.15, 0.2) is 47.6 Å². The molecule has 0 radical (unpaired) electrons. The summed E-state index contributed by atoms with van der Waals surface area (Å²) in [6, 6.07) is 0. The van der Waals surface area contributed by atoms with Crippen LogP contribution in [0.1, 0.15) is 67.7 Å². The van der Waals surface area contributed by atoms with Gasteiger partial charge in [0.25, 0.3) is 0 Å². The number of Topliss-reactive ketones (excluding diaryl/α,β-unsaturated/α-hetero) is 1. The first kappa shape index (κ1) is 29.5. The Hall–Kier alpha value is -2.51. The Morgan fingerprint density at radius 3 is 2.49 bits per heavy atom. The third-order valence-electron chi connectivity index (χ3n) is 9.80. The summed E-state index contributed by atoms with van der Waals surface area (Å²) in [6.07, 6.45) is 11.8. The molecule has 2 fully saturated rings. The van der Waals surface area contributed by atoms with Crippen LogP contribution in [0.3, 0.4) is 0 Å². The van der Waals surface area contributed by atoms with E-state index < -0.39 is 64.2 Å². The van der Waals surface area contributed by atoms with Gasteiger partial charge in [-0.3, -0.25) is 9.59 Å². The Morgan fingerprint density at radius 1 is 1.18 bits per heavy atom. The minimum absolute atomic E-state index is 0.0332. The van der Waals surface area contributed by atoms with Gasteiger partial charge in [0, 0.05) is 41.1 Å². The van der Waals surface area contributed by atoms with E-state index in [0.717, 1.165) is 12.8 Å². The van der Waals surface area contributed by atoms with Crippen molar-refractivity contribution in [2.24, 2.45) is 40.9 Å². The second-order valence-electron chi connectivity index (χ2n) is 12.7. The molecule has 0 heterocycles. The van der Waals surface area contributed by atoms with Gasteiger partial charge in [0.2, 0.25) is 0 Å². The summed E-state index contributed by atoms with van der Waals surface area (Å²) >= 11 is 0. The average molecular weight is 541 g/mol. The Kier molecular flexibility index (Phi) is 7.91. The van der Waals surface area contributed by atoms with Crippen LogP contribution in [0.2, 0.25) is 0 Å². The van der Waals surface area contributed by atoms with E-state index in [1.54, 1.807) is 32.9 Å². The molecule has 2 N–H and O–H groups in total. The van der Waals surface area contributed by atoms with Gasteiger partial charge in [0.15, 0.2) is 11.4 Å². The summed E-state index contributed by atoms with van der Waals surface area (Å²) in [6.45, 7) is 12.9. The van der Waals surface area contributed by atoms with Crippen LogP contribution in [-0.4, -0.2) is 51.8 Å². The van der Waals surface area contributed by atoms with E-state index in [-0.39, 0.29) is 18.3 Å². The molecule has 214 valence electrons. The van der Waals surface area contributed by atoms with Crippen molar-refractivity contribution in [2.45, 2.75) is 85.0 Å². The van der Waals surface area contributed by atoms with Crippen LogP contribution >= 0.6 is 0 Å². The highest BCUT2D eigenvalue weighted by Gasteiger charge is 2.87. The molecule has 0 aliphatic heterocycles. The molecule has 0 amide bonds. The molecule has 0 aromatic heterocycles. The summed E-state index contributed by atoms with van der Waals surface area (Å²) < 4.78 is 12.4. The van der Waals surface area contributed by atoms with E-state index in [4.69, 9.17) is 9.47 Å². The second kappa shape index (κ2) is 10.5. The third kappa shape index (κ3) is 4.46. The fourth-order valence-electron chi connectivity index (χ4n) is 7.68. The number of aliphatic hydroxyl groups is 2. The Labute approximate surface area is 232 Å². The van der Waals surface area contributed by atoms with Gasteiger partial charge in [-0.05, 0) is 30.9 Å². The molecule has 0 bridgehead atoms. The zero-order chi connectivity index (χ0) is 28.9. The molecule has 4 aliphatic rings. The number of hydrogen-bond donors (Lipinski definition) is 2. The highest BCUT2D eigenvalue weighted by molar-refractivity contribution is 6.00. The van der Waals surface area contributed by atoms with E-state index >= 15 is 0 Å². The number of fused-ring (bicyclic) bond motifs is 5. The Balaban J connectivity index is 1.83. The van der Waals surface area contributed by atoms with Crippen LogP contribution in [-0.2, 0) is 23.9 Å². The number of ether oxygens (including phenoxy) is 2. The zero-order valence-electron chi connectivity index (χ0n) is 24.3. The summed E-state index contributed by atoms with van der Waals surface area (Å²) in [4.78, 5) is 39.4. The monoisotopic (exact) mass is 540 g/mol. The quantitative estimate of drug-likeness (QED) is 0.202. The van der Waals surface area contributed by atoms with Crippen LogP contribution in [0.25, 0.3) is 0 Å². The molecule has 39 heavy (non-hydrogen) atoms. The van der Waals surface area contributed by atoms with Crippen molar-refractivity contribution in [3.05, 3.63) is 47.6 Å². The second-order valence-corrected chi connectivity index (χ2v) is 12.7. The van der Waals surface area contributed by atoms with Gasteiger partial charge < -0.3 is 19.7 Å². The number of carbonyl (C=O) groups excluding carboxylic acids is 3. The average Bonchev–Trinajstić information content (AvgIpc) is 3.28. The van der Waals surface area contributed by atoms with Gasteiger partial charge in [-0.2, -0.15) is 0 Å². The highest BCUT2D eigenvalue weighted by atomic mass is 16.6. The van der Waals surface area contributed by atoms with Crippen molar-refractivity contribution in [3.63, 3.8) is 0 Å².